The first-order valence-electron chi connectivity index (χ1n) is 2.29. The molecule has 6 heteroatoms. The average Bonchev–Trinajstić information content (AvgIpc) is 1.89. The summed E-state index contributed by atoms with van der Waals surface area (Å²) in [7, 11) is 0. The Kier molecular flexibility index (Phi) is 9.14. The van der Waals surface area contributed by atoms with Crippen molar-refractivity contribution < 1.29 is 19.3 Å². The summed E-state index contributed by atoms with van der Waals surface area (Å²) in [5, 5.41) is 0. The Morgan fingerprint density at radius 1 is 1.00 bits per heavy atom. The number of nitrogens with two attached hydrogens (primary N) is 2. The molecule has 0 radical (unpaired) electrons. The van der Waals surface area contributed by atoms with Crippen LogP contribution in [0.5, 0.6) is 0 Å². The van der Waals surface area contributed by atoms with Crippen molar-refractivity contribution in [1.29, 1.82) is 0 Å². The van der Waals surface area contributed by atoms with E-state index in [-0.39, 0.29) is 0 Å². The molecule has 0 atom stereocenters. The van der Waals surface area contributed by atoms with Gasteiger partial charge < -0.3 is 9.68 Å². The summed E-state index contributed by atoms with van der Waals surface area (Å²) in [6, 6.07) is 0. The van der Waals surface area contributed by atoms with Crippen molar-refractivity contribution >= 4 is 11.9 Å². The molecule has 10 heavy (non-hydrogen) atoms. The van der Waals surface area contributed by atoms with Crippen LogP contribution in [0.25, 0.3) is 0 Å². The monoisotopic (exact) mass is 150 g/mol. The van der Waals surface area contributed by atoms with E-state index in [2.05, 4.69) is 21.5 Å². The quantitative estimate of drug-likeness (QED) is 0.422. The third-order valence-corrected chi connectivity index (χ3v) is 0.332. The van der Waals surface area contributed by atoms with Gasteiger partial charge in [0.25, 0.3) is 0 Å². The van der Waals surface area contributed by atoms with Crippen molar-refractivity contribution in [2.75, 3.05) is 0 Å². The molecule has 6 nitrogen and oxygen atoms in total. The Bertz CT molecular complexity index is 99.8. The van der Waals surface area contributed by atoms with Crippen LogP contribution in [0.15, 0.2) is 0 Å². The maximum atomic E-state index is 9.47. The molecule has 0 aliphatic heterocycles. The molecule has 0 amide bonds. The highest BCUT2D eigenvalue weighted by Crippen LogP contribution is 1.55. The number of hydrogen-bond acceptors (Lipinski definition) is 6. The molecule has 4 N–H and O–H groups in total. The van der Waals surface area contributed by atoms with Crippen LogP contribution in [-0.2, 0) is 19.3 Å². The fourth-order valence-corrected chi connectivity index (χ4v) is 0. The van der Waals surface area contributed by atoms with Gasteiger partial charge in [-0.2, -0.15) is 11.8 Å². The second-order valence-electron chi connectivity index (χ2n) is 1.22. The molecule has 0 aromatic rings. The van der Waals surface area contributed by atoms with E-state index in [4.69, 9.17) is 0 Å². The van der Waals surface area contributed by atoms with E-state index in [0.29, 0.717) is 0 Å². The Hall–Kier alpha value is -1.14. The van der Waals surface area contributed by atoms with Gasteiger partial charge in [0.15, 0.2) is 0 Å². The van der Waals surface area contributed by atoms with Gasteiger partial charge in [0.05, 0.1) is 0 Å². The second-order valence-corrected chi connectivity index (χ2v) is 1.22. The van der Waals surface area contributed by atoms with Crippen LogP contribution in [0.1, 0.15) is 13.8 Å². The summed E-state index contributed by atoms with van der Waals surface area (Å²) in [6.45, 7) is 2.47. The van der Waals surface area contributed by atoms with Crippen LogP contribution in [0.4, 0.5) is 0 Å². The van der Waals surface area contributed by atoms with Gasteiger partial charge in [0.2, 0.25) is 0 Å². The van der Waals surface area contributed by atoms with Gasteiger partial charge in [-0.05, 0) is 0 Å². The zero-order chi connectivity index (χ0) is 8.57. The third-order valence-electron chi connectivity index (χ3n) is 0.332. The van der Waals surface area contributed by atoms with Crippen molar-refractivity contribution in [3.8, 4) is 0 Å². The number of hydrogen-bond donors (Lipinski definition) is 2. The van der Waals surface area contributed by atoms with E-state index in [0.717, 1.165) is 0 Å². The largest absolute Gasteiger partial charge is 0.374 e. The predicted octanol–water partition coefficient (Wildman–Crippen LogP) is -1.15. The first kappa shape index (κ1) is 11.6. The molecular weight excluding hydrogens is 140 g/mol. The fourth-order valence-electron chi connectivity index (χ4n) is 0. The summed E-state index contributed by atoms with van der Waals surface area (Å²) >= 11 is 0. The van der Waals surface area contributed by atoms with E-state index in [9.17, 15) is 9.59 Å². The van der Waals surface area contributed by atoms with Crippen molar-refractivity contribution in [3.05, 3.63) is 0 Å². The molecule has 0 rings (SSSR count). The highest BCUT2D eigenvalue weighted by atomic mass is 16.7. The minimum atomic E-state index is -0.468. The first-order valence-corrected chi connectivity index (χ1v) is 2.29. The Morgan fingerprint density at radius 2 is 1.10 bits per heavy atom. The Balaban J connectivity index is 0. The molecule has 0 aromatic heterocycles. The molecule has 0 aliphatic carbocycles. The van der Waals surface area contributed by atoms with Crippen molar-refractivity contribution in [3.63, 3.8) is 0 Å². The van der Waals surface area contributed by atoms with Crippen LogP contribution < -0.4 is 11.8 Å². The summed E-state index contributed by atoms with van der Waals surface area (Å²) in [5.74, 6) is 7.71. The highest BCUT2D eigenvalue weighted by Gasteiger charge is 1.77. The minimum Gasteiger partial charge on any atom is -0.374 e. The summed E-state index contributed by atoms with van der Waals surface area (Å²) < 4.78 is 0. The summed E-state index contributed by atoms with van der Waals surface area (Å²) in [6.07, 6.45) is 0. The normalized spacial score (nSPS) is 6.80. The van der Waals surface area contributed by atoms with Crippen molar-refractivity contribution in [1.82, 2.24) is 0 Å². The average molecular weight is 150 g/mol. The molecule has 0 unspecified atom stereocenters. The standard InChI is InChI=1S/2C2H5NO2/c2*1-2(4)5-3/h2*3H2,1H3. The molecule has 0 fully saturated rings. The van der Waals surface area contributed by atoms with E-state index in [1.165, 1.54) is 13.8 Å². The zero-order valence-electron chi connectivity index (χ0n) is 5.79. The van der Waals surface area contributed by atoms with Crippen LogP contribution in [0, 0.1) is 0 Å². The number of rotatable bonds is 0. The smallest absolute Gasteiger partial charge is 0.321 e. The second kappa shape index (κ2) is 7.86. The number of carbonyl (C=O) groups is 2. The van der Waals surface area contributed by atoms with Crippen LogP contribution in [0.2, 0.25) is 0 Å². The molecule has 0 bridgehead atoms. The topological polar surface area (TPSA) is 105 Å². The van der Waals surface area contributed by atoms with E-state index in [1.807, 2.05) is 0 Å². The van der Waals surface area contributed by atoms with Gasteiger partial charge in [-0.3, -0.25) is 9.59 Å². The van der Waals surface area contributed by atoms with E-state index in [1.54, 1.807) is 0 Å². The summed E-state index contributed by atoms with van der Waals surface area (Å²) in [4.78, 5) is 26.2. The molecule has 0 saturated carbocycles. The third kappa shape index (κ3) is 28.8. The molecule has 0 saturated heterocycles. The van der Waals surface area contributed by atoms with Crippen LogP contribution >= 0.6 is 0 Å². The predicted molar refractivity (Wildman–Crippen MR) is 31.9 cm³/mol. The zero-order valence-corrected chi connectivity index (χ0v) is 5.79. The minimum absolute atomic E-state index is 0.468. The van der Waals surface area contributed by atoms with E-state index >= 15 is 0 Å². The Morgan fingerprint density at radius 3 is 1.10 bits per heavy atom. The van der Waals surface area contributed by atoms with Crippen molar-refractivity contribution in [2.24, 2.45) is 11.8 Å². The molecule has 0 heterocycles. The molecule has 0 spiro atoms. The number of carbonyl (C=O) groups excluding carboxylic acids is 2. The van der Waals surface area contributed by atoms with Gasteiger partial charge in [0, 0.05) is 13.8 Å². The fraction of sp³-hybridized carbons (Fsp3) is 0.500. The lowest BCUT2D eigenvalue weighted by Gasteiger charge is -1.79. The van der Waals surface area contributed by atoms with Crippen molar-refractivity contribution in [2.45, 2.75) is 13.8 Å². The van der Waals surface area contributed by atoms with Crippen LogP contribution in [-0.4, -0.2) is 11.9 Å². The molecule has 0 aromatic carbocycles. The van der Waals surface area contributed by atoms with Gasteiger partial charge in [0.1, 0.15) is 0 Å². The summed E-state index contributed by atoms with van der Waals surface area (Å²) in [5.41, 5.74) is 0. The van der Waals surface area contributed by atoms with Gasteiger partial charge >= 0.3 is 11.9 Å². The maximum Gasteiger partial charge on any atom is 0.321 e. The Labute approximate surface area is 58.0 Å². The van der Waals surface area contributed by atoms with Gasteiger partial charge in [-0.25, -0.2) is 0 Å². The first-order chi connectivity index (χ1) is 4.54. The van der Waals surface area contributed by atoms with Crippen LogP contribution in [0.3, 0.4) is 0 Å². The van der Waals surface area contributed by atoms with E-state index < -0.39 is 11.9 Å². The lowest BCUT2D eigenvalue weighted by atomic mass is 10.8. The highest BCUT2D eigenvalue weighted by molar-refractivity contribution is 5.65. The molecule has 0 aliphatic rings. The maximum absolute atomic E-state index is 9.47. The SMILES string of the molecule is CC(=O)ON.CC(=O)ON. The molecule has 60 valence electrons. The lowest BCUT2D eigenvalue weighted by molar-refractivity contribution is -0.142. The molecular formula is C4H10N2O4. The van der Waals surface area contributed by atoms with Gasteiger partial charge in [-0.15, -0.1) is 0 Å². The van der Waals surface area contributed by atoms with Gasteiger partial charge in [-0.1, -0.05) is 0 Å². The lowest BCUT2D eigenvalue weighted by Crippen LogP contribution is -2.03.